The van der Waals surface area contributed by atoms with E-state index in [1.54, 1.807) is 0 Å². The highest BCUT2D eigenvalue weighted by atomic mass is 15.3. The molecule has 2 nitrogen and oxygen atoms in total. The van der Waals surface area contributed by atoms with Crippen molar-refractivity contribution in [1.82, 2.24) is 4.90 Å². The minimum atomic E-state index is 0.624. The highest BCUT2D eigenvalue weighted by Gasteiger charge is 2.26. The Morgan fingerprint density at radius 1 is 1.06 bits per heavy atom. The highest BCUT2D eigenvalue weighted by Crippen LogP contribution is 2.25. The molecule has 1 aliphatic heterocycles. The van der Waals surface area contributed by atoms with Crippen LogP contribution in [0.25, 0.3) is 0 Å². The summed E-state index contributed by atoms with van der Waals surface area (Å²) in [6.45, 7) is 11.3. The summed E-state index contributed by atoms with van der Waals surface area (Å²) in [5.74, 6) is 0. The van der Waals surface area contributed by atoms with Crippen molar-refractivity contribution >= 4 is 5.69 Å². The van der Waals surface area contributed by atoms with Gasteiger partial charge in [-0.05, 0) is 46.4 Å². The number of piperazine rings is 1. The van der Waals surface area contributed by atoms with Crippen LogP contribution in [0.3, 0.4) is 0 Å². The highest BCUT2D eigenvalue weighted by molar-refractivity contribution is 5.55. The fraction of sp³-hybridized carbons (Fsp3) is 0.600. The fourth-order valence-electron chi connectivity index (χ4n) is 2.76. The molecule has 0 unspecified atom stereocenters. The molecule has 94 valence electrons. The third-order valence-electron chi connectivity index (χ3n) is 4.05. The first-order valence-corrected chi connectivity index (χ1v) is 6.53. The summed E-state index contributed by atoms with van der Waals surface area (Å²) in [6.07, 6.45) is 0. The molecule has 0 radical (unpaired) electrons. The van der Waals surface area contributed by atoms with Crippen molar-refractivity contribution in [3.05, 3.63) is 29.3 Å². The second-order valence-electron chi connectivity index (χ2n) is 5.56. The molecule has 0 spiro atoms. The molecule has 1 saturated heterocycles. The van der Waals surface area contributed by atoms with Crippen molar-refractivity contribution < 1.29 is 0 Å². The first-order valence-electron chi connectivity index (χ1n) is 6.53. The number of nitrogens with zero attached hydrogens (tertiary/aromatic N) is 2. The van der Waals surface area contributed by atoms with Crippen LogP contribution in [0.15, 0.2) is 18.2 Å². The smallest absolute Gasteiger partial charge is 0.0397 e. The quantitative estimate of drug-likeness (QED) is 0.734. The molecule has 17 heavy (non-hydrogen) atoms. The van der Waals surface area contributed by atoms with Gasteiger partial charge in [0.15, 0.2) is 0 Å². The molecule has 0 saturated carbocycles. The molecule has 0 aliphatic carbocycles. The molecule has 1 heterocycles. The minimum Gasteiger partial charge on any atom is -0.368 e. The van der Waals surface area contributed by atoms with Crippen molar-refractivity contribution in [2.24, 2.45) is 0 Å². The number of likely N-dealkylation sites (N-methyl/N-ethyl adjacent to an activating group) is 1. The van der Waals surface area contributed by atoms with E-state index in [0.717, 1.165) is 13.1 Å². The molecule has 1 aliphatic rings. The summed E-state index contributed by atoms with van der Waals surface area (Å²) >= 11 is 0. The van der Waals surface area contributed by atoms with Crippen LogP contribution >= 0.6 is 0 Å². The Labute approximate surface area is 105 Å². The SMILES string of the molecule is Cc1ccc(N2C[C@H](C)N(C)[C@@H](C)C2)c(C)c1. The topological polar surface area (TPSA) is 6.48 Å². The summed E-state index contributed by atoms with van der Waals surface area (Å²) in [7, 11) is 2.23. The average Bonchev–Trinajstić information content (AvgIpc) is 2.25. The maximum atomic E-state index is 2.53. The van der Waals surface area contributed by atoms with Crippen LogP contribution in [-0.2, 0) is 0 Å². The lowest BCUT2D eigenvalue weighted by Gasteiger charge is -2.44. The molecule has 1 fully saturated rings. The van der Waals surface area contributed by atoms with Gasteiger partial charge in [0.1, 0.15) is 0 Å². The van der Waals surface area contributed by atoms with Gasteiger partial charge in [0.05, 0.1) is 0 Å². The fourth-order valence-corrected chi connectivity index (χ4v) is 2.76. The van der Waals surface area contributed by atoms with E-state index in [4.69, 9.17) is 0 Å². The van der Waals surface area contributed by atoms with Gasteiger partial charge in [-0.3, -0.25) is 4.90 Å². The zero-order chi connectivity index (χ0) is 12.6. The average molecular weight is 232 g/mol. The first-order chi connectivity index (χ1) is 7.99. The number of hydrogen-bond acceptors (Lipinski definition) is 2. The van der Waals surface area contributed by atoms with Crippen LogP contribution in [-0.4, -0.2) is 37.1 Å². The van der Waals surface area contributed by atoms with Crippen LogP contribution in [0.4, 0.5) is 5.69 Å². The lowest BCUT2D eigenvalue weighted by Crippen LogP contribution is -2.55. The zero-order valence-electron chi connectivity index (χ0n) is 11.7. The summed E-state index contributed by atoms with van der Waals surface area (Å²) < 4.78 is 0. The lowest BCUT2D eigenvalue weighted by atomic mass is 10.0. The summed E-state index contributed by atoms with van der Waals surface area (Å²) in [4.78, 5) is 5.00. The molecule has 1 aromatic rings. The van der Waals surface area contributed by atoms with E-state index in [1.165, 1.54) is 16.8 Å². The molecule has 2 heteroatoms. The van der Waals surface area contributed by atoms with E-state index in [2.05, 4.69) is 62.7 Å². The van der Waals surface area contributed by atoms with Gasteiger partial charge in [0.25, 0.3) is 0 Å². The first kappa shape index (κ1) is 12.4. The van der Waals surface area contributed by atoms with Crippen LogP contribution in [0.1, 0.15) is 25.0 Å². The predicted molar refractivity (Wildman–Crippen MR) is 74.8 cm³/mol. The minimum absolute atomic E-state index is 0.624. The molecule has 1 aromatic carbocycles. The van der Waals surface area contributed by atoms with Gasteiger partial charge in [-0.25, -0.2) is 0 Å². The molecule has 0 amide bonds. The van der Waals surface area contributed by atoms with Crippen LogP contribution in [0.5, 0.6) is 0 Å². The van der Waals surface area contributed by atoms with Gasteiger partial charge < -0.3 is 4.90 Å². The van der Waals surface area contributed by atoms with E-state index in [0.29, 0.717) is 12.1 Å². The third-order valence-corrected chi connectivity index (χ3v) is 4.05. The van der Waals surface area contributed by atoms with Crippen molar-refractivity contribution in [3.63, 3.8) is 0 Å². The van der Waals surface area contributed by atoms with Gasteiger partial charge in [-0.1, -0.05) is 17.7 Å². The molecular formula is C15H24N2. The lowest BCUT2D eigenvalue weighted by molar-refractivity contribution is 0.170. The molecule has 0 aromatic heterocycles. The van der Waals surface area contributed by atoms with Crippen LogP contribution in [0.2, 0.25) is 0 Å². The molecular weight excluding hydrogens is 208 g/mol. The van der Waals surface area contributed by atoms with Crippen molar-refractivity contribution in [1.29, 1.82) is 0 Å². The second-order valence-corrected chi connectivity index (χ2v) is 5.56. The maximum Gasteiger partial charge on any atom is 0.0397 e. The predicted octanol–water partition coefficient (Wildman–Crippen LogP) is 2.83. The van der Waals surface area contributed by atoms with Crippen LogP contribution < -0.4 is 4.90 Å². The summed E-state index contributed by atoms with van der Waals surface area (Å²) in [5.41, 5.74) is 4.15. The van der Waals surface area contributed by atoms with E-state index < -0.39 is 0 Å². The largest absolute Gasteiger partial charge is 0.368 e. The Morgan fingerprint density at radius 3 is 2.18 bits per heavy atom. The Morgan fingerprint density at radius 2 is 1.65 bits per heavy atom. The van der Waals surface area contributed by atoms with E-state index >= 15 is 0 Å². The van der Waals surface area contributed by atoms with Crippen LogP contribution in [0, 0.1) is 13.8 Å². The number of hydrogen-bond donors (Lipinski definition) is 0. The molecule has 0 N–H and O–H groups in total. The van der Waals surface area contributed by atoms with Gasteiger partial charge in [-0.15, -0.1) is 0 Å². The Balaban J connectivity index is 2.23. The van der Waals surface area contributed by atoms with Crippen molar-refractivity contribution in [2.45, 2.75) is 39.8 Å². The van der Waals surface area contributed by atoms with Crippen molar-refractivity contribution in [3.8, 4) is 0 Å². The van der Waals surface area contributed by atoms with Crippen molar-refractivity contribution in [2.75, 3.05) is 25.0 Å². The number of rotatable bonds is 1. The maximum absolute atomic E-state index is 2.53. The third kappa shape index (κ3) is 2.47. The molecule has 0 bridgehead atoms. The monoisotopic (exact) mass is 232 g/mol. The molecule has 2 atom stereocenters. The molecule has 2 rings (SSSR count). The van der Waals surface area contributed by atoms with E-state index in [1.807, 2.05) is 0 Å². The van der Waals surface area contributed by atoms with E-state index in [-0.39, 0.29) is 0 Å². The number of aryl methyl sites for hydroxylation is 2. The van der Waals surface area contributed by atoms with Gasteiger partial charge >= 0.3 is 0 Å². The normalized spacial score (nSPS) is 26.3. The zero-order valence-corrected chi connectivity index (χ0v) is 11.7. The van der Waals surface area contributed by atoms with Gasteiger partial charge in [0.2, 0.25) is 0 Å². The van der Waals surface area contributed by atoms with Gasteiger partial charge in [-0.2, -0.15) is 0 Å². The van der Waals surface area contributed by atoms with E-state index in [9.17, 15) is 0 Å². The summed E-state index contributed by atoms with van der Waals surface area (Å²) in [5, 5.41) is 0. The summed E-state index contributed by atoms with van der Waals surface area (Å²) in [6, 6.07) is 8.02. The Kier molecular flexibility index (Phi) is 3.43. The second kappa shape index (κ2) is 4.69. The number of benzene rings is 1. The Hall–Kier alpha value is -1.02. The Bertz CT molecular complexity index is 388. The standard InChI is InChI=1S/C15H24N2/c1-11-6-7-15(12(2)8-11)17-9-13(3)16(5)14(4)10-17/h6-8,13-14H,9-10H2,1-5H3/t13-,14-/m0/s1. The van der Waals surface area contributed by atoms with Gasteiger partial charge in [0, 0.05) is 30.9 Å². The number of anilines is 1.